The summed E-state index contributed by atoms with van der Waals surface area (Å²) in [5, 5.41) is 8.62. The molecule has 0 radical (unpaired) electrons. The summed E-state index contributed by atoms with van der Waals surface area (Å²) >= 11 is 0. The van der Waals surface area contributed by atoms with Crippen LogP contribution in [0.15, 0.2) is 12.3 Å². The van der Waals surface area contributed by atoms with Crippen molar-refractivity contribution in [3.8, 4) is 6.07 Å². The zero-order chi connectivity index (χ0) is 9.97. The third-order valence-electron chi connectivity index (χ3n) is 2.17. The highest BCUT2D eigenvalue weighted by Crippen LogP contribution is 2.17. The summed E-state index contributed by atoms with van der Waals surface area (Å²) in [6.45, 7) is 0.949. The van der Waals surface area contributed by atoms with Gasteiger partial charge in [-0.1, -0.05) is 0 Å². The van der Waals surface area contributed by atoms with E-state index in [1.165, 1.54) is 12.3 Å². The molecule has 72 valence electrons. The van der Waals surface area contributed by atoms with Crippen molar-refractivity contribution in [1.29, 1.82) is 5.26 Å². The minimum Gasteiger partial charge on any atom is -0.338 e. The van der Waals surface area contributed by atoms with Crippen molar-refractivity contribution in [3.05, 3.63) is 18.0 Å². The van der Waals surface area contributed by atoms with Gasteiger partial charge in [0.1, 0.15) is 17.9 Å². The van der Waals surface area contributed by atoms with E-state index in [1.807, 2.05) is 6.07 Å². The van der Waals surface area contributed by atoms with Crippen molar-refractivity contribution in [3.63, 3.8) is 0 Å². The van der Waals surface area contributed by atoms with Gasteiger partial charge in [0.2, 0.25) is 5.95 Å². The molecule has 1 saturated heterocycles. The molecule has 0 amide bonds. The SMILES string of the molecule is N#Cc1ccnc(N2CCC(F)C2)n1. The van der Waals surface area contributed by atoms with E-state index in [4.69, 9.17) is 5.26 Å². The third kappa shape index (κ3) is 1.64. The van der Waals surface area contributed by atoms with Crippen molar-refractivity contribution < 1.29 is 4.39 Å². The van der Waals surface area contributed by atoms with Crippen LogP contribution < -0.4 is 4.90 Å². The molecule has 1 aliphatic rings. The Hall–Kier alpha value is -1.70. The molecule has 0 bridgehead atoms. The Bertz CT molecular complexity index is 373. The number of hydrogen-bond acceptors (Lipinski definition) is 4. The van der Waals surface area contributed by atoms with Crippen LogP contribution in [0.5, 0.6) is 0 Å². The van der Waals surface area contributed by atoms with Crippen molar-refractivity contribution >= 4 is 5.95 Å². The Balaban J connectivity index is 2.20. The van der Waals surface area contributed by atoms with Gasteiger partial charge in [-0.2, -0.15) is 5.26 Å². The van der Waals surface area contributed by atoms with Crippen LogP contribution in [0.3, 0.4) is 0 Å². The largest absolute Gasteiger partial charge is 0.338 e. The molecule has 1 atom stereocenters. The van der Waals surface area contributed by atoms with Gasteiger partial charge in [-0.3, -0.25) is 0 Å². The Morgan fingerprint density at radius 1 is 1.64 bits per heavy atom. The molecule has 5 heteroatoms. The molecule has 4 nitrogen and oxygen atoms in total. The number of nitrogens with zero attached hydrogens (tertiary/aromatic N) is 4. The fourth-order valence-electron chi connectivity index (χ4n) is 1.46. The van der Waals surface area contributed by atoms with Crippen LogP contribution in [0, 0.1) is 11.3 Å². The maximum atomic E-state index is 12.9. The van der Waals surface area contributed by atoms with Crippen LogP contribution in [0.4, 0.5) is 10.3 Å². The lowest BCUT2D eigenvalue weighted by atomic mass is 10.3. The molecule has 0 aromatic carbocycles. The molecule has 2 heterocycles. The predicted molar refractivity (Wildman–Crippen MR) is 48.5 cm³/mol. The van der Waals surface area contributed by atoms with Gasteiger partial charge in [-0.15, -0.1) is 0 Å². The van der Waals surface area contributed by atoms with E-state index in [1.54, 1.807) is 4.90 Å². The summed E-state index contributed by atoms with van der Waals surface area (Å²) in [6, 6.07) is 3.46. The summed E-state index contributed by atoms with van der Waals surface area (Å²) in [5.74, 6) is 0.448. The predicted octanol–water partition coefficient (Wildman–Crippen LogP) is 0.896. The molecule has 1 aromatic heterocycles. The second-order valence-electron chi connectivity index (χ2n) is 3.19. The lowest BCUT2D eigenvalue weighted by molar-refractivity contribution is 0.364. The molecule has 0 N–H and O–H groups in total. The van der Waals surface area contributed by atoms with Crippen LogP contribution >= 0.6 is 0 Å². The number of anilines is 1. The molecule has 14 heavy (non-hydrogen) atoms. The first-order chi connectivity index (χ1) is 6.79. The molecular weight excluding hydrogens is 183 g/mol. The van der Waals surface area contributed by atoms with Gasteiger partial charge in [0.25, 0.3) is 0 Å². The Labute approximate surface area is 81.0 Å². The van der Waals surface area contributed by atoms with E-state index >= 15 is 0 Å². The summed E-state index contributed by atoms with van der Waals surface area (Å²) in [5.41, 5.74) is 0.317. The standard InChI is InChI=1S/C9H9FN4/c10-7-2-4-14(6-7)9-12-3-1-8(5-11)13-9/h1,3,7H,2,4,6H2. The van der Waals surface area contributed by atoms with Gasteiger partial charge >= 0.3 is 0 Å². The highest BCUT2D eigenvalue weighted by Gasteiger charge is 2.23. The van der Waals surface area contributed by atoms with Gasteiger partial charge in [-0.05, 0) is 12.5 Å². The molecule has 1 aliphatic heterocycles. The molecule has 0 aliphatic carbocycles. The Morgan fingerprint density at radius 2 is 2.50 bits per heavy atom. The number of hydrogen-bond donors (Lipinski definition) is 0. The van der Waals surface area contributed by atoms with Crippen LogP contribution in [-0.4, -0.2) is 29.2 Å². The smallest absolute Gasteiger partial charge is 0.226 e. The van der Waals surface area contributed by atoms with Crippen LogP contribution in [-0.2, 0) is 0 Å². The number of rotatable bonds is 1. The summed E-state index contributed by atoms with van der Waals surface area (Å²) in [4.78, 5) is 9.75. The average Bonchev–Trinajstić information content (AvgIpc) is 2.65. The number of alkyl halides is 1. The minimum absolute atomic E-state index is 0.317. The van der Waals surface area contributed by atoms with Gasteiger partial charge < -0.3 is 4.90 Å². The molecule has 1 fully saturated rings. The fourth-order valence-corrected chi connectivity index (χ4v) is 1.46. The highest BCUT2D eigenvalue weighted by atomic mass is 19.1. The lowest BCUT2D eigenvalue weighted by Crippen LogP contribution is -2.22. The zero-order valence-corrected chi connectivity index (χ0v) is 7.52. The topological polar surface area (TPSA) is 52.8 Å². The minimum atomic E-state index is -0.802. The maximum absolute atomic E-state index is 12.9. The fraction of sp³-hybridized carbons (Fsp3) is 0.444. The van der Waals surface area contributed by atoms with Crippen molar-refractivity contribution in [2.75, 3.05) is 18.0 Å². The number of nitriles is 1. The first-order valence-electron chi connectivity index (χ1n) is 4.42. The Kier molecular flexibility index (Phi) is 2.27. The second-order valence-corrected chi connectivity index (χ2v) is 3.19. The van der Waals surface area contributed by atoms with E-state index in [0.717, 1.165) is 0 Å². The summed E-state index contributed by atoms with van der Waals surface area (Å²) in [7, 11) is 0. The van der Waals surface area contributed by atoms with Gasteiger partial charge in [0.05, 0.1) is 6.54 Å². The molecule has 1 aromatic rings. The summed E-state index contributed by atoms with van der Waals surface area (Å²) < 4.78 is 12.9. The molecule has 1 unspecified atom stereocenters. The van der Waals surface area contributed by atoms with E-state index in [0.29, 0.717) is 31.2 Å². The first-order valence-corrected chi connectivity index (χ1v) is 4.42. The zero-order valence-electron chi connectivity index (χ0n) is 7.52. The van der Waals surface area contributed by atoms with Crippen LogP contribution in [0.2, 0.25) is 0 Å². The third-order valence-corrected chi connectivity index (χ3v) is 2.17. The Morgan fingerprint density at radius 3 is 3.14 bits per heavy atom. The van der Waals surface area contributed by atoms with Gasteiger partial charge in [0.15, 0.2) is 0 Å². The van der Waals surface area contributed by atoms with E-state index in [2.05, 4.69) is 9.97 Å². The van der Waals surface area contributed by atoms with Crippen LogP contribution in [0.25, 0.3) is 0 Å². The number of aromatic nitrogens is 2. The highest BCUT2D eigenvalue weighted by molar-refractivity contribution is 5.35. The first kappa shape index (κ1) is 8.88. The quantitative estimate of drug-likeness (QED) is 0.663. The van der Waals surface area contributed by atoms with E-state index in [9.17, 15) is 4.39 Å². The van der Waals surface area contributed by atoms with Crippen molar-refractivity contribution in [2.24, 2.45) is 0 Å². The molecule has 0 spiro atoms. The van der Waals surface area contributed by atoms with E-state index in [-0.39, 0.29) is 0 Å². The van der Waals surface area contributed by atoms with Crippen LogP contribution in [0.1, 0.15) is 12.1 Å². The van der Waals surface area contributed by atoms with Crippen molar-refractivity contribution in [2.45, 2.75) is 12.6 Å². The molecule has 0 saturated carbocycles. The van der Waals surface area contributed by atoms with Crippen molar-refractivity contribution in [1.82, 2.24) is 9.97 Å². The molecular formula is C9H9FN4. The second kappa shape index (κ2) is 3.58. The monoisotopic (exact) mass is 192 g/mol. The normalized spacial score (nSPS) is 20.9. The maximum Gasteiger partial charge on any atom is 0.226 e. The van der Waals surface area contributed by atoms with E-state index < -0.39 is 6.17 Å². The lowest BCUT2D eigenvalue weighted by Gasteiger charge is -2.13. The average molecular weight is 192 g/mol. The van der Waals surface area contributed by atoms with Gasteiger partial charge in [-0.25, -0.2) is 14.4 Å². The summed E-state index contributed by atoms with van der Waals surface area (Å²) in [6.07, 6.45) is 1.23. The molecule has 2 rings (SSSR count). The van der Waals surface area contributed by atoms with Gasteiger partial charge in [0, 0.05) is 12.7 Å². The number of halogens is 1.